The summed E-state index contributed by atoms with van der Waals surface area (Å²) in [6.45, 7) is 1.88. The van der Waals surface area contributed by atoms with Gasteiger partial charge >= 0.3 is 0 Å². The molecule has 0 radical (unpaired) electrons. The number of halogens is 1. The van der Waals surface area contributed by atoms with Crippen LogP contribution >= 0.6 is 11.6 Å². The first-order valence-corrected chi connectivity index (χ1v) is 6.05. The first-order chi connectivity index (χ1) is 9.10. The third-order valence-electron chi connectivity index (χ3n) is 2.58. The van der Waals surface area contributed by atoms with Crippen LogP contribution in [0.15, 0.2) is 36.5 Å². The number of anilines is 1. The highest BCUT2D eigenvalue weighted by Crippen LogP contribution is 2.23. The molecule has 0 fully saturated rings. The normalized spacial score (nSPS) is 10.1. The molecule has 0 saturated heterocycles. The van der Waals surface area contributed by atoms with Gasteiger partial charge in [0.25, 0.3) is 5.91 Å². The summed E-state index contributed by atoms with van der Waals surface area (Å²) in [6, 6.07) is 8.51. The number of benzene rings is 1. The molecule has 1 heterocycles. The summed E-state index contributed by atoms with van der Waals surface area (Å²) < 4.78 is 5.14. The number of nitrogens with zero attached hydrogens (tertiary/aromatic N) is 1. The Hall–Kier alpha value is -2.07. The number of hydrogen-bond acceptors (Lipinski definition) is 3. The van der Waals surface area contributed by atoms with E-state index in [2.05, 4.69) is 10.3 Å². The number of rotatable bonds is 3. The highest BCUT2D eigenvalue weighted by atomic mass is 35.5. The SMILES string of the molecule is COc1ccc(Cl)cc1C(=O)Nc1ccc(C)nc1. The number of pyridine rings is 1. The summed E-state index contributed by atoms with van der Waals surface area (Å²) in [5.74, 6) is 0.187. The molecule has 1 amide bonds. The molecule has 0 atom stereocenters. The number of aromatic nitrogens is 1. The summed E-state index contributed by atoms with van der Waals surface area (Å²) in [6.07, 6.45) is 1.60. The van der Waals surface area contributed by atoms with Crippen molar-refractivity contribution in [1.82, 2.24) is 4.98 Å². The van der Waals surface area contributed by atoms with E-state index >= 15 is 0 Å². The Morgan fingerprint density at radius 2 is 2.11 bits per heavy atom. The van der Waals surface area contributed by atoms with Gasteiger partial charge in [0.2, 0.25) is 0 Å². The van der Waals surface area contributed by atoms with E-state index in [0.717, 1.165) is 5.69 Å². The summed E-state index contributed by atoms with van der Waals surface area (Å²) in [5, 5.41) is 3.23. The molecular formula is C14H13ClN2O2. The van der Waals surface area contributed by atoms with E-state index < -0.39 is 0 Å². The van der Waals surface area contributed by atoms with Crippen LogP contribution in [0.25, 0.3) is 0 Å². The van der Waals surface area contributed by atoms with Crippen LogP contribution in [0.3, 0.4) is 0 Å². The molecule has 98 valence electrons. The van der Waals surface area contributed by atoms with Gasteiger partial charge in [-0.25, -0.2) is 0 Å². The molecule has 0 saturated carbocycles. The van der Waals surface area contributed by atoms with Gasteiger partial charge in [-0.15, -0.1) is 0 Å². The van der Waals surface area contributed by atoms with Gasteiger partial charge in [-0.05, 0) is 37.3 Å². The Bertz CT molecular complexity index is 597. The van der Waals surface area contributed by atoms with Gasteiger partial charge in [0.1, 0.15) is 5.75 Å². The molecule has 1 aromatic carbocycles. The van der Waals surface area contributed by atoms with Crippen LogP contribution in [-0.4, -0.2) is 18.0 Å². The lowest BCUT2D eigenvalue weighted by molar-refractivity contribution is 0.102. The second-order valence-corrected chi connectivity index (χ2v) is 4.42. The maximum atomic E-state index is 12.2. The van der Waals surface area contributed by atoms with Crippen molar-refractivity contribution in [2.75, 3.05) is 12.4 Å². The van der Waals surface area contributed by atoms with Gasteiger partial charge < -0.3 is 10.1 Å². The molecule has 1 N–H and O–H groups in total. The zero-order valence-corrected chi connectivity index (χ0v) is 11.4. The Balaban J connectivity index is 2.24. The van der Waals surface area contributed by atoms with Crippen molar-refractivity contribution in [3.63, 3.8) is 0 Å². The fourth-order valence-electron chi connectivity index (χ4n) is 1.60. The number of nitrogens with one attached hydrogen (secondary N) is 1. The van der Waals surface area contributed by atoms with Crippen molar-refractivity contribution >= 4 is 23.2 Å². The number of aryl methyl sites for hydroxylation is 1. The van der Waals surface area contributed by atoms with Gasteiger partial charge in [0, 0.05) is 10.7 Å². The molecule has 1 aromatic heterocycles. The van der Waals surface area contributed by atoms with Gasteiger partial charge in [0.05, 0.1) is 24.6 Å². The first-order valence-electron chi connectivity index (χ1n) is 5.67. The van der Waals surface area contributed by atoms with Crippen molar-refractivity contribution < 1.29 is 9.53 Å². The van der Waals surface area contributed by atoms with E-state index in [1.54, 1.807) is 30.5 Å². The molecule has 0 bridgehead atoms. The molecule has 2 rings (SSSR count). The van der Waals surface area contributed by atoms with Crippen LogP contribution in [0.5, 0.6) is 5.75 Å². The standard InChI is InChI=1S/C14H13ClN2O2/c1-9-3-5-11(8-16-9)17-14(18)12-7-10(15)4-6-13(12)19-2/h3-8H,1-2H3,(H,17,18). The smallest absolute Gasteiger partial charge is 0.259 e. The van der Waals surface area contributed by atoms with Crippen molar-refractivity contribution in [2.45, 2.75) is 6.92 Å². The van der Waals surface area contributed by atoms with Crippen LogP contribution in [0.1, 0.15) is 16.1 Å². The lowest BCUT2D eigenvalue weighted by Crippen LogP contribution is -2.13. The molecule has 5 heteroatoms. The van der Waals surface area contributed by atoms with Gasteiger partial charge in [-0.2, -0.15) is 0 Å². The lowest BCUT2D eigenvalue weighted by Gasteiger charge is -2.09. The van der Waals surface area contributed by atoms with Crippen molar-refractivity contribution in [3.05, 3.63) is 52.8 Å². The summed E-state index contributed by atoms with van der Waals surface area (Å²) in [4.78, 5) is 16.3. The number of carbonyl (C=O) groups excluding carboxylic acids is 1. The Labute approximate surface area is 116 Å². The minimum absolute atomic E-state index is 0.287. The Morgan fingerprint density at radius 1 is 1.32 bits per heavy atom. The fraction of sp³-hybridized carbons (Fsp3) is 0.143. The second kappa shape index (κ2) is 5.71. The van der Waals surface area contributed by atoms with Crippen LogP contribution < -0.4 is 10.1 Å². The van der Waals surface area contributed by atoms with E-state index in [-0.39, 0.29) is 5.91 Å². The molecular weight excluding hydrogens is 264 g/mol. The number of hydrogen-bond donors (Lipinski definition) is 1. The monoisotopic (exact) mass is 276 g/mol. The third kappa shape index (κ3) is 3.23. The largest absolute Gasteiger partial charge is 0.496 e. The maximum absolute atomic E-state index is 12.2. The van der Waals surface area contributed by atoms with Crippen LogP contribution in [0.2, 0.25) is 5.02 Å². The predicted molar refractivity (Wildman–Crippen MR) is 74.9 cm³/mol. The average Bonchev–Trinajstić information content (AvgIpc) is 2.41. The predicted octanol–water partition coefficient (Wildman–Crippen LogP) is 3.30. The molecule has 19 heavy (non-hydrogen) atoms. The number of methoxy groups -OCH3 is 1. The quantitative estimate of drug-likeness (QED) is 0.936. The van der Waals surface area contributed by atoms with Crippen molar-refractivity contribution in [1.29, 1.82) is 0 Å². The van der Waals surface area contributed by atoms with E-state index in [9.17, 15) is 4.79 Å². The van der Waals surface area contributed by atoms with E-state index in [1.807, 2.05) is 13.0 Å². The molecule has 2 aromatic rings. The van der Waals surface area contributed by atoms with Gasteiger partial charge in [-0.3, -0.25) is 9.78 Å². The van der Waals surface area contributed by atoms with E-state index in [0.29, 0.717) is 22.0 Å². The van der Waals surface area contributed by atoms with Crippen molar-refractivity contribution in [2.24, 2.45) is 0 Å². The molecule has 0 aliphatic heterocycles. The van der Waals surface area contributed by atoms with E-state index in [1.165, 1.54) is 7.11 Å². The van der Waals surface area contributed by atoms with Gasteiger partial charge in [0.15, 0.2) is 0 Å². The minimum atomic E-state index is -0.287. The minimum Gasteiger partial charge on any atom is -0.496 e. The fourth-order valence-corrected chi connectivity index (χ4v) is 1.77. The molecule has 0 spiro atoms. The highest BCUT2D eigenvalue weighted by Gasteiger charge is 2.13. The number of ether oxygens (including phenoxy) is 1. The highest BCUT2D eigenvalue weighted by molar-refractivity contribution is 6.31. The first kappa shape index (κ1) is 13.4. The molecule has 0 aliphatic carbocycles. The summed E-state index contributed by atoms with van der Waals surface area (Å²) in [7, 11) is 1.51. The zero-order chi connectivity index (χ0) is 13.8. The average molecular weight is 277 g/mol. The number of carbonyl (C=O) groups is 1. The summed E-state index contributed by atoms with van der Waals surface area (Å²) in [5.41, 5.74) is 1.89. The maximum Gasteiger partial charge on any atom is 0.259 e. The number of amides is 1. The molecule has 0 aliphatic rings. The van der Waals surface area contributed by atoms with Crippen LogP contribution in [0.4, 0.5) is 5.69 Å². The molecule has 0 unspecified atom stereocenters. The second-order valence-electron chi connectivity index (χ2n) is 3.99. The lowest BCUT2D eigenvalue weighted by atomic mass is 10.2. The van der Waals surface area contributed by atoms with E-state index in [4.69, 9.17) is 16.3 Å². The van der Waals surface area contributed by atoms with Crippen LogP contribution in [0, 0.1) is 6.92 Å². The summed E-state index contributed by atoms with van der Waals surface area (Å²) >= 11 is 5.89. The van der Waals surface area contributed by atoms with Crippen LogP contribution in [-0.2, 0) is 0 Å². The van der Waals surface area contributed by atoms with Crippen molar-refractivity contribution in [3.8, 4) is 5.75 Å². The zero-order valence-electron chi connectivity index (χ0n) is 10.6. The Kier molecular flexibility index (Phi) is 4.02. The third-order valence-corrected chi connectivity index (χ3v) is 2.81. The topological polar surface area (TPSA) is 51.2 Å². The molecule has 4 nitrogen and oxygen atoms in total. The Morgan fingerprint density at radius 3 is 2.74 bits per heavy atom. The van der Waals surface area contributed by atoms with Gasteiger partial charge in [-0.1, -0.05) is 11.6 Å².